The molecule has 0 aromatic rings. The van der Waals surface area contributed by atoms with Crippen LogP contribution in [0.2, 0.25) is 0 Å². The van der Waals surface area contributed by atoms with Gasteiger partial charge >= 0.3 is 0 Å². The SMILES string of the molecule is CC/C=C\C/C=C\C/C=C\C/C=C\C/C=C\C/C=C\CCCCCCCCCCCCCCCCCCC(=O)NC(COP(=O)([O-])OCC[N+](C)(C)C)C(O)/C=C/CC/C=C/CC/C=C/CCCCCCCCCCCC. The molecule has 0 aliphatic rings. The Bertz CT molecular complexity index is 1620. The lowest BCUT2D eigenvalue weighted by Gasteiger charge is -2.29. The highest BCUT2D eigenvalue weighted by molar-refractivity contribution is 7.45. The van der Waals surface area contributed by atoms with Gasteiger partial charge in [0.25, 0.3) is 7.82 Å². The Balaban J connectivity index is 4.14. The van der Waals surface area contributed by atoms with E-state index in [2.05, 4.69) is 116 Å². The van der Waals surface area contributed by atoms with Crippen molar-refractivity contribution < 1.29 is 32.9 Å². The maximum absolute atomic E-state index is 13.0. The number of hydrogen-bond donors (Lipinski definition) is 2. The molecule has 0 aromatic carbocycles. The Morgan fingerprint density at radius 1 is 0.468 bits per heavy atom. The Morgan fingerprint density at radius 3 is 1.21 bits per heavy atom. The number of phosphoric acid groups is 1. The Morgan fingerprint density at radius 2 is 0.805 bits per heavy atom. The van der Waals surface area contributed by atoms with Gasteiger partial charge in [-0.3, -0.25) is 9.36 Å². The van der Waals surface area contributed by atoms with Crippen molar-refractivity contribution in [2.45, 2.75) is 276 Å². The second kappa shape index (κ2) is 57.8. The van der Waals surface area contributed by atoms with Gasteiger partial charge in [0.1, 0.15) is 13.2 Å². The predicted molar refractivity (Wildman–Crippen MR) is 334 cm³/mol. The molecule has 1 amide bonds. The van der Waals surface area contributed by atoms with Crippen LogP contribution in [-0.4, -0.2) is 68.5 Å². The molecular formula is C68H121N2O6P. The molecule has 2 N–H and O–H groups in total. The summed E-state index contributed by atoms with van der Waals surface area (Å²) in [5.41, 5.74) is 0. The van der Waals surface area contributed by atoms with E-state index in [4.69, 9.17) is 9.05 Å². The topological polar surface area (TPSA) is 108 Å². The van der Waals surface area contributed by atoms with Crippen molar-refractivity contribution in [3.8, 4) is 0 Å². The summed E-state index contributed by atoms with van der Waals surface area (Å²) in [6, 6.07) is -0.916. The zero-order chi connectivity index (χ0) is 56.3. The number of amides is 1. The summed E-state index contributed by atoms with van der Waals surface area (Å²) in [6.07, 6.45) is 84.7. The fraction of sp³-hybridized carbons (Fsp3) is 0.721. The number of carbonyl (C=O) groups excluding carboxylic acids is 1. The van der Waals surface area contributed by atoms with E-state index in [0.29, 0.717) is 17.4 Å². The summed E-state index contributed by atoms with van der Waals surface area (Å²) in [4.78, 5) is 25.6. The summed E-state index contributed by atoms with van der Waals surface area (Å²) in [5, 5.41) is 13.9. The number of carbonyl (C=O) groups is 1. The second-order valence-electron chi connectivity index (χ2n) is 22.4. The van der Waals surface area contributed by atoms with Crippen LogP contribution in [0.5, 0.6) is 0 Å². The fourth-order valence-corrected chi connectivity index (χ4v) is 9.50. The molecule has 0 fully saturated rings. The molecule has 3 atom stereocenters. The second-order valence-corrected chi connectivity index (χ2v) is 23.8. The number of nitrogens with zero attached hydrogens (tertiary/aromatic N) is 1. The maximum Gasteiger partial charge on any atom is 0.268 e. The lowest BCUT2D eigenvalue weighted by molar-refractivity contribution is -0.870. The molecule has 9 heteroatoms. The normalized spacial score (nSPS) is 14.5. The number of rotatable bonds is 57. The highest BCUT2D eigenvalue weighted by Crippen LogP contribution is 2.38. The molecule has 0 aromatic heterocycles. The molecule has 0 aliphatic heterocycles. The van der Waals surface area contributed by atoms with E-state index in [9.17, 15) is 19.4 Å². The molecule has 77 heavy (non-hydrogen) atoms. The van der Waals surface area contributed by atoms with Crippen LogP contribution in [0.1, 0.15) is 264 Å². The van der Waals surface area contributed by atoms with E-state index < -0.39 is 26.6 Å². The lowest BCUT2D eigenvalue weighted by atomic mass is 10.0. The smallest absolute Gasteiger partial charge is 0.268 e. The first kappa shape index (κ1) is 74.2. The van der Waals surface area contributed by atoms with Crippen molar-refractivity contribution >= 4 is 13.7 Å². The first-order chi connectivity index (χ1) is 37.5. The van der Waals surface area contributed by atoms with Crippen LogP contribution in [-0.2, 0) is 18.4 Å². The third-order valence-corrected chi connectivity index (χ3v) is 14.7. The largest absolute Gasteiger partial charge is 0.756 e. The van der Waals surface area contributed by atoms with Crippen LogP contribution < -0.4 is 10.2 Å². The number of aliphatic hydroxyl groups is 1. The van der Waals surface area contributed by atoms with E-state index in [1.54, 1.807) is 6.08 Å². The van der Waals surface area contributed by atoms with E-state index in [1.807, 2.05) is 27.2 Å². The number of hydrogen-bond acceptors (Lipinski definition) is 6. The molecule has 0 saturated heterocycles. The van der Waals surface area contributed by atoms with Crippen LogP contribution in [0.25, 0.3) is 0 Å². The van der Waals surface area contributed by atoms with Crippen LogP contribution >= 0.6 is 7.82 Å². The average Bonchev–Trinajstić information content (AvgIpc) is 3.39. The number of quaternary nitrogens is 1. The molecule has 0 heterocycles. The maximum atomic E-state index is 13.0. The van der Waals surface area contributed by atoms with E-state index in [0.717, 1.165) is 83.5 Å². The third kappa shape index (κ3) is 60.6. The standard InChI is InChI=1S/C68H121N2O6P/c1-6-8-10-12-14-16-18-20-22-24-26-28-29-30-31-32-33-34-35-36-37-38-39-40-41-42-44-46-48-50-52-54-56-58-60-62-68(72)69-66(65-76-77(73,74)75-64-63-70(3,4)5)67(71)61-59-57-55-53-51-49-47-45-43-27-25-23-21-19-17-15-13-11-9-7-2/h8,10,14,16,20,22,26,28,30-31,33-34,43,45,51,53,59,61,66-67,71H,6-7,9,11-13,15,17-19,21,23-25,27,29,32,35-42,44,46-50,52,54-58,60,62-65H2,1-5H3,(H-,69,72,73,74)/b10-8-,16-14-,22-20-,28-26-,31-30-,34-33-,45-43+,53-51+,61-59+. The summed E-state index contributed by atoms with van der Waals surface area (Å²) < 4.78 is 23.4. The van der Waals surface area contributed by atoms with Gasteiger partial charge in [0.05, 0.1) is 39.9 Å². The minimum absolute atomic E-state index is 0.0125. The van der Waals surface area contributed by atoms with Crippen molar-refractivity contribution in [1.82, 2.24) is 5.32 Å². The summed E-state index contributed by atoms with van der Waals surface area (Å²) in [6.45, 7) is 4.51. The lowest BCUT2D eigenvalue weighted by Crippen LogP contribution is -2.45. The number of aliphatic hydroxyl groups excluding tert-OH is 1. The fourth-order valence-electron chi connectivity index (χ4n) is 8.78. The zero-order valence-corrected chi connectivity index (χ0v) is 51.5. The van der Waals surface area contributed by atoms with Crippen LogP contribution in [0.15, 0.2) is 109 Å². The Kier molecular flexibility index (Phi) is 55.7. The van der Waals surface area contributed by atoms with Crippen LogP contribution in [0, 0.1) is 0 Å². The van der Waals surface area contributed by atoms with Gasteiger partial charge in [-0.1, -0.05) is 271 Å². The average molecular weight is 1090 g/mol. The molecule has 0 spiro atoms. The Labute approximate surface area is 476 Å². The molecular weight excluding hydrogens is 972 g/mol. The highest BCUT2D eigenvalue weighted by Gasteiger charge is 2.23. The molecule has 0 radical (unpaired) electrons. The highest BCUT2D eigenvalue weighted by atomic mass is 31.2. The number of allylic oxidation sites excluding steroid dienone is 17. The minimum Gasteiger partial charge on any atom is -0.756 e. The molecule has 0 bridgehead atoms. The van der Waals surface area contributed by atoms with Gasteiger partial charge in [0.15, 0.2) is 0 Å². The number of phosphoric ester groups is 1. The van der Waals surface area contributed by atoms with Crippen LogP contribution in [0.4, 0.5) is 0 Å². The van der Waals surface area contributed by atoms with Crippen molar-refractivity contribution in [3.63, 3.8) is 0 Å². The van der Waals surface area contributed by atoms with Gasteiger partial charge in [-0.25, -0.2) is 0 Å². The molecule has 0 rings (SSSR count). The predicted octanol–water partition coefficient (Wildman–Crippen LogP) is 19.3. The molecule has 8 nitrogen and oxygen atoms in total. The first-order valence-corrected chi connectivity index (χ1v) is 33.2. The number of unbranched alkanes of at least 4 members (excludes halogenated alkanes) is 28. The van der Waals surface area contributed by atoms with Crippen LogP contribution in [0.3, 0.4) is 0 Å². The number of likely N-dealkylation sites (N-methyl/N-ethyl adjacent to an activating group) is 1. The third-order valence-electron chi connectivity index (χ3n) is 13.7. The summed E-state index contributed by atoms with van der Waals surface area (Å²) in [5.74, 6) is -0.213. The van der Waals surface area contributed by atoms with Gasteiger partial charge in [-0.05, 0) is 96.3 Å². The van der Waals surface area contributed by atoms with E-state index >= 15 is 0 Å². The van der Waals surface area contributed by atoms with Crippen molar-refractivity contribution in [2.75, 3.05) is 40.9 Å². The minimum atomic E-state index is -4.62. The first-order valence-electron chi connectivity index (χ1n) is 31.7. The van der Waals surface area contributed by atoms with Crippen molar-refractivity contribution in [3.05, 3.63) is 109 Å². The zero-order valence-electron chi connectivity index (χ0n) is 50.6. The molecule has 444 valence electrons. The van der Waals surface area contributed by atoms with Gasteiger partial charge < -0.3 is 28.8 Å². The molecule has 0 saturated carbocycles. The number of nitrogens with one attached hydrogen (secondary N) is 1. The van der Waals surface area contributed by atoms with Crippen molar-refractivity contribution in [1.29, 1.82) is 0 Å². The quantitative estimate of drug-likeness (QED) is 0.0272. The summed E-state index contributed by atoms with van der Waals surface area (Å²) in [7, 11) is 1.23. The molecule has 0 aliphatic carbocycles. The van der Waals surface area contributed by atoms with Gasteiger partial charge in [0.2, 0.25) is 5.91 Å². The summed E-state index contributed by atoms with van der Waals surface area (Å²) >= 11 is 0. The van der Waals surface area contributed by atoms with Crippen molar-refractivity contribution in [2.24, 2.45) is 0 Å². The molecule has 3 unspecified atom stereocenters. The van der Waals surface area contributed by atoms with Gasteiger partial charge in [0, 0.05) is 6.42 Å². The van der Waals surface area contributed by atoms with E-state index in [-0.39, 0.29) is 12.5 Å². The monoisotopic (exact) mass is 1090 g/mol. The van der Waals surface area contributed by atoms with Gasteiger partial charge in [-0.2, -0.15) is 0 Å². The van der Waals surface area contributed by atoms with Gasteiger partial charge in [-0.15, -0.1) is 0 Å². The van der Waals surface area contributed by atoms with E-state index in [1.165, 1.54) is 161 Å². The Hall–Kier alpha value is -2.84.